The maximum absolute atomic E-state index is 13.2. The highest BCUT2D eigenvalue weighted by molar-refractivity contribution is 6.04. The van der Waals surface area contributed by atoms with Crippen LogP contribution in [0.5, 0.6) is 0 Å². The Bertz CT molecular complexity index is 742. The second-order valence-corrected chi connectivity index (χ2v) is 5.14. The third-order valence-electron chi connectivity index (χ3n) is 3.60. The molecule has 5 heteroatoms. The molecule has 0 saturated carbocycles. The molecule has 3 rings (SSSR count). The summed E-state index contributed by atoms with van der Waals surface area (Å²) < 4.78 is 13.2. The highest BCUT2D eigenvalue weighted by Gasteiger charge is 2.23. The lowest BCUT2D eigenvalue weighted by Gasteiger charge is -2.11. The lowest BCUT2D eigenvalue weighted by atomic mass is 10.1. The third-order valence-corrected chi connectivity index (χ3v) is 3.60. The predicted molar refractivity (Wildman–Crippen MR) is 82.9 cm³/mol. The number of benzene rings is 2. The molecule has 22 heavy (non-hydrogen) atoms. The van der Waals surface area contributed by atoms with Crippen LogP contribution in [0.2, 0.25) is 0 Å². The lowest BCUT2D eigenvalue weighted by Crippen LogP contribution is -2.23. The van der Waals surface area contributed by atoms with Crippen molar-refractivity contribution in [1.82, 2.24) is 5.01 Å². The van der Waals surface area contributed by atoms with Crippen molar-refractivity contribution in [2.24, 2.45) is 10.8 Å². The van der Waals surface area contributed by atoms with Crippen molar-refractivity contribution in [2.45, 2.75) is 13.0 Å². The normalized spacial score (nSPS) is 14.1. The fourth-order valence-corrected chi connectivity index (χ4v) is 2.45. The molecule has 2 aromatic rings. The molecule has 0 atom stereocenters. The molecule has 0 spiro atoms. The Morgan fingerprint density at radius 2 is 2.05 bits per heavy atom. The van der Waals surface area contributed by atoms with Crippen LogP contribution in [0.3, 0.4) is 0 Å². The molecule has 4 nitrogen and oxygen atoms in total. The van der Waals surface area contributed by atoms with Crippen molar-refractivity contribution in [3.8, 4) is 0 Å². The van der Waals surface area contributed by atoms with E-state index < -0.39 is 5.82 Å². The second-order valence-electron chi connectivity index (χ2n) is 5.14. The third kappa shape index (κ3) is 2.89. The predicted octanol–water partition coefficient (Wildman–Crippen LogP) is 2.53. The first kappa shape index (κ1) is 14.4. The van der Waals surface area contributed by atoms with E-state index in [0.29, 0.717) is 25.1 Å². The maximum atomic E-state index is 13.2. The van der Waals surface area contributed by atoms with Gasteiger partial charge in [0.2, 0.25) is 0 Å². The molecule has 1 amide bonds. The van der Waals surface area contributed by atoms with Crippen LogP contribution in [0.25, 0.3) is 0 Å². The molecule has 1 aliphatic heterocycles. The van der Waals surface area contributed by atoms with E-state index in [0.717, 1.165) is 16.8 Å². The zero-order valence-electron chi connectivity index (χ0n) is 12.0. The number of hydrogen-bond acceptors (Lipinski definition) is 3. The SMILES string of the molecule is NCc1cccc(C2=NN(C(=O)c3cccc(F)c3)CC2)c1. The topological polar surface area (TPSA) is 58.7 Å². The number of halogens is 1. The van der Waals surface area contributed by atoms with E-state index in [1.165, 1.54) is 23.2 Å². The smallest absolute Gasteiger partial charge is 0.274 e. The average molecular weight is 297 g/mol. The highest BCUT2D eigenvalue weighted by atomic mass is 19.1. The summed E-state index contributed by atoms with van der Waals surface area (Å²) in [5, 5.41) is 5.76. The van der Waals surface area contributed by atoms with Gasteiger partial charge in [0.05, 0.1) is 12.3 Å². The first-order valence-electron chi connectivity index (χ1n) is 7.11. The second kappa shape index (κ2) is 6.07. The number of hydrazone groups is 1. The van der Waals surface area contributed by atoms with Crippen LogP contribution in [0, 0.1) is 5.82 Å². The minimum absolute atomic E-state index is 0.288. The largest absolute Gasteiger partial charge is 0.326 e. The van der Waals surface area contributed by atoms with Crippen LogP contribution >= 0.6 is 0 Å². The van der Waals surface area contributed by atoms with Crippen molar-refractivity contribution < 1.29 is 9.18 Å². The van der Waals surface area contributed by atoms with E-state index in [2.05, 4.69) is 5.10 Å². The first-order chi connectivity index (χ1) is 10.7. The van der Waals surface area contributed by atoms with Gasteiger partial charge >= 0.3 is 0 Å². The van der Waals surface area contributed by atoms with E-state index in [9.17, 15) is 9.18 Å². The fourth-order valence-electron chi connectivity index (χ4n) is 2.45. The van der Waals surface area contributed by atoms with Gasteiger partial charge in [-0.05, 0) is 35.4 Å². The molecule has 0 aliphatic carbocycles. The molecule has 0 saturated heterocycles. The molecule has 112 valence electrons. The molecule has 2 aromatic carbocycles. The Kier molecular flexibility index (Phi) is 3.98. The summed E-state index contributed by atoms with van der Waals surface area (Å²) in [7, 11) is 0. The molecule has 0 aromatic heterocycles. The van der Waals surface area contributed by atoms with Crippen molar-refractivity contribution in [3.05, 3.63) is 71.0 Å². The zero-order chi connectivity index (χ0) is 15.5. The van der Waals surface area contributed by atoms with Crippen LogP contribution in [0.4, 0.5) is 4.39 Å². The molecule has 0 fully saturated rings. The van der Waals surface area contributed by atoms with Crippen molar-refractivity contribution >= 4 is 11.6 Å². The van der Waals surface area contributed by atoms with Gasteiger partial charge in [0.15, 0.2) is 0 Å². The number of hydrogen-bond donors (Lipinski definition) is 1. The van der Waals surface area contributed by atoms with Gasteiger partial charge in [0.25, 0.3) is 5.91 Å². The van der Waals surface area contributed by atoms with Crippen LogP contribution in [0.1, 0.15) is 27.9 Å². The monoisotopic (exact) mass is 297 g/mol. The number of rotatable bonds is 3. The molecule has 0 radical (unpaired) electrons. The summed E-state index contributed by atoms with van der Waals surface area (Å²) in [5.41, 5.74) is 8.79. The van der Waals surface area contributed by atoms with Crippen LogP contribution in [0.15, 0.2) is 53.6 Å². The number of nitrogens with zero attached hydrogens (tertiary/aromatic N) is 2. The van der Waals surface area contributed by atoms with Gasteiger partial charge in [-0.15, -0.1) is 0 Å². The number of amides is 1. The van der Waals surface area contributed by atoms with Crippen LogP contribution in [-0.2, 0) is 6.54 Å². The standard InChI is InChI=1S/C17H16FN3O/c18-15-6-2-5-14(10-15)17(22)21-8-7-16(20-21)13-4-1-3-12(9-13)11-19/h1-6,9-10H,7-8,11,19H2. The fraction of sp³-hybridized carbons (Fsp3) is 0.176. The molecule has 0 unspecified atom stereocenters. The Morgan fingerprint density at radius 1 is 1.23 bits per heavy atom. The Hall–Kier alpha value is -2.53. The summed E-state index contributed by atoms with van der Waals surface area (Å²) in [6.07, 6.45) is 0.676. The van der Waals surface area contributed by atoms with Gasteiger partial charge in [-0.3, -0.25) is 4.79 Å². The molecular formula is C17H16FN3O. The van der Waals surface area contributed by atoms with Gasteiger partial charge in [-0.1, -0.05) is 24.3 Å². The first-order valence-corrected chi connectivity index (χ1v) is 7.11. The van der Waals surface area contributed by atoms with Crippen molar-refractivity contribution in [3.63, 3.8) is 0 Å². The minimum atomic E-state index is -0.426. The average Bonchev–Trinajstić information content (AvgIpc) is 3.04. The number of carbonyl (C=O) groups excluding carboxylic acids is 1. The van der Waals surface area contributed by atoms with E-state index in [-0.39, 0.29) is 5.91 Å². The van der Waals surface area contributed by atoms with Crippen LogP contribution < -0.4 is 5.73 Å². The molecule has 2 N–H and O–H groups in total. The summed E-state index contributed by atoms with van der Waals surface area (Å²) in [4.78, 5) is 12.3. The number of carbonyl (C=O) groups is 1. The van der Waals surface area contributed by atoms with Crippen molar-refractivity contribution in [1.29, 1.82) is 0 Å². The zero-order valence-corrected chi connectivity index (χ0v) is 12.0. The van der Waals surface area contributed by atoms with Gasteiger partial charge in [0, 0.05) is 18.5 Å². The van der Waals surface area contributed by atoms with Gasteiger partial charge in [-0.2, -0.15) is 5.10 Å². The highest BCUT2D eigenvalue weighted by Crippen LogP contribution is 2.18. The summed E-state index contributed by atoms with van der Waals surface area (Å²) >= 11 is 0. The molecular weight excluding hydrogens is 281 g/mol. The summed E-state index contributed by atoms with van der Waals surface area (Å²) in [5.74, 6) is -0.714. The van der Waals surface area contributed by atoms with Gasteiger partial charge in [0.1, 0.15) is 5.82 Å². The summed E-state index contributed by atoms with van der Waals surface area (Å²) in [6.45, 7) is 0.963. The van der Waals surface area contributed by atoms with Gasteiger partial charge in [-0.25, -0.2) is 9.40 Å². The number of nitrogens with two attached hydrogens (primary N) is 1. The van der Waals surface area contributed by atoms with Gasteiger partial charge < -0.3 is 5.73 Å². The van der Waals surface area contributed by atoms with E-state index in [4.69, 9.17) is 5.73 Å². The minimum Gasteiger partial charge on any atom is -0.326 e. The molecule has 1 aliphatic rings. The van der Waals surface area contributed by atoms with E-state index in [1.807, 2.05) is 24.3 Å². The van der Waals surface area contributed by atoms with E-state index in [1.54, 1.807) is 6.07 Å². The van der Waals surface area contributed by atoms with E-state index >= 15 is 0 Å². The Morgan fingerprint density at radius 3 is 2.82 bits per heavy atom. The quantitative estimate of drug-likeness (QED) is 0.946. The lowest BCUT2D eigenvalue weighted by molar-refractivity contribution is 0.0778. The Labute approximate surface area is 128 Å². The molecule has 1 heterocycles. The maximum Gasteiger partial charge on any atom is 0.274 e. The summed E-state index contributed by atoms with van der Waals surface area (Å²) in [6, 6.07) is 13.5. The van der Waals surface area contributed by atoms with Crippen molar-refractivity contribution in [2.75, 3.05) is 6.54 Å². The Balaban J connectivity index is 1.83. The van der Waals surface area contributed by atoms with Crippen LogP contribution in [-0.4, -0.2) is 23.2 Å². The molecule has 0 bridgehead atoms.